The second-order valence-electron chi connectivity index (χ2n) is 2.76. The number of nitrogens with one attached hydrogen (secondary N) is 1. The minimum Gasteiger partial charge on any atom is -0.475 e. The first-order valence-corrected chi connectivity index (χ1v) is 4.19. The fraction of sp³-hybridized carbons (Fsp3) is 0.125. The highest BCUT2D eigenvalue weighted by molar-refractivity contribution is 5.73. The lowest BCUT2D eigenvalue weighted by Gasteiger charge is -1.93. The third-order valence-electron chi connectivity index (χ3n) is 1.48. The molecule has 0 spiro atoms. The summed E-state index contributed by atoms with van der Waals surface area (Å²) in [6, 6.07) is 1.67. The number of aliphatic carboxylic acids is 1. The third-order valence-corrected chi connectivity index (χ3v) is 1.48. The SMILES string of the molecule is O=C(O)C(F)(F)F.O=c1[nH]c(-c2ccoc2)no1. The summed E-state index contributed by atoms with van der Waals surface area (Å²) in [6.07, 6.45) is -2.13. The molecule has 2 aromatic heterocycles. The van der Waals surface area contributed by atoms with E-state index in [9.17, 15) is 18.0 Å². The molecule has 18 heavy (non-hydrogen) atoms. The third kappa shape index (κ3) is 3.81. The average molecular weight is 266 g/mol. The van der Waals surface area contributed by atoms with Gasteiger partial charge in [-0.2, -0.15) is 13.2 Å². The normalized spacial score (nSPS) is 10.6. The Labute approximate surface area is 95.8 Å². The van der Waals surface area contributed by atoms with Gasteiger partial charge in [0.05, 0.1) is 11.8 Å². The van der Waals surface area contributed by atoms with E-state index in [-0.39, 0.29) is 0 Å². The lowest BCUT2D eigenvalue weighted by atomic mass is 10.3. The largest absolute Gasteiger partial charge is 0.490 e. The number of aromatic amines is 1. The second-order valence-corrected chi connectivity index (χ2v) is 2.76. The van der Waals surface area contributed by atoms with Crippen LogP contribution in [-0.2, 0) is 4.79 Å². The maximum absolute atomic E-state index is 10.6. The van der Waals surface area contributed by atoms with Gasteiger partial charge >= 0.3 is 17.9 Å². The van der Waals surface area contributed by atoms with Crippen LogP contribution in [0, 0.1) is 0 Å². The zero-order valence-electron chi connectivity index (χ0n) is 8.39. The number of H-pyrrole nitrogens is 1. The van der Waals surface area contributed by atoms with Crippen molar-refractivity contribution in [2.75, 3.05) is 0 Å². The van der Waals surface area contributed by atoms with E-state index in [1.807, 2.05) is 0 Å². The first kappa shape index (κ1) is 13.5. The molecule has 0 saturated carbocycles. The van der Waals surface area contributed by atoms with Crippen molar-refractivity contribution in [3.05, 3.63) is 29.1 Å². The molecule has 0 aliphatic carbocycles. The van der Waals surface area contributed by atoms with Crippen LogP contribution in [0.3, 0.4) is 0 Å². The fourth-order valence-corrected chi connectivity index (χ4v) is 0.754. The summed E-state index contributed by atoms with van der Waals surface area (Å²) in [6.45, 7) is 0. The van der Waals surface area contributed by atoms with Crippen LogP contribution < -0.4 is 5.76 Å². The van der Waals surface area contributed by atoms with E-state index < -0.39 is 17.9 Å². The van der Waals surface area contributed by atoms with Crippen LogP contribution in [-0.4, -0.2) is 27.4 Å². The van der Waals surface area contributed by atoms with E-state index in [4.69, 9.17) is 14.3 Å². The highest BCUT2D eigenvalue weighted by atomic mass is 19.4. The molecule has 0 aromatic carbocycles. The van der Waals surface area contributed by atoms with Crippen molar-refractivity contribution in [3.63, 3.8) is 0 Å². The average Bonchev–Trinajstić information content (AvgIpc) is 2.86. The lowest BCUT2D eigenvalue weighted by Crippen LogP contribution is -2.21. The summed E-state index contributed by atoms with van der Waals surface area (Å²) in [5.74, 6) is -2.95. The van der Waals surface area contributed by atoms with Crippen molar-refractivity contribution < 1.29 is 32.0 Å². The van der Waals surface area contributed by atoms with Gasteiger partial charge in [-0.15, -0.1) is 0 Å². The summed E-state index contributed by atoms with van der Waals surface area (Å²) in [4.78, 5) is 21.8. The van der Waals surface area contributed by atoms with Crippen LogP contribution in [0.2, 0.25) is 0 Å². The predicted molar refractivity (Wildman–Crippen MR) is 48.5 cm³/mol. The van der Waals surface area contributed by atoms with Crippen molar-refractivity contribution in [1.82, 2.24) is 10.1 Å². The van der Waals surface area contributed by atoms with Gasteiger partial charge in [0.15, 0.2) is 5.82 Å². The van der Waals surface area contributed by atoms with Gasteiger partial charge in [0, 0.05) is 0 Å². The van der Waals surface area contributed by atoms with E-state index in [0.717, 1.165) is 0 Å². The molecule has 2 heterocycles. The highest BCUT2D eigenvalue weighted by Crippen LogP contribution is 2.13. The van der Waals surface area contributed by atoms with Crippen LogP contribution in [0.1, 0.15) is 0 Å². The Kier molecular flexibility index (Phi) is 3.92. The van der Waals surface area contributed by atoms with E-state index in [1.54, 1.807) is 6.07 Å². The monoisotopic (exact) mass is 266 g/mol. The second kappa shape index (κ2) is 5.21. The molecule has 2 rings (SSSR count). The topological polar surface area (TPSA) is 109 Å². The molecule has 0 aliphatic heterocycles. The van der Waals surface area contributed by atoms with Gasteiger partial charge < -0.3 is 9.52 Å². The number of carbonyl (C=O) groups is 1. The Morgan fingerprint density at radius 2 is 2.06 bits per heavy atom. The highest BCUT2D eigenvalue weighted by Gasteiger charge is 2.38. The summed E-state index contributed by atoms with van der Waals surface area (Å²) in [5, 5.41) is 10.6. The molecular weight excluding hydrogens is 261 g/mol. The van der Waals surface area contributed by atoms with Gasteiger partial charge in [-0.1, -0.05) is 5.16 Å². The van der Waals surface area contributed by atoms with E-state index >= 15 is 0 Å². The number of aromatic nitrogens is 2. The first-order valence-electron chi connectivity index (χ1n) is 4.19. The molecule has 10 heteroatoms. The van der Waals surface area contributed by atoms with Gasteiger partial charge in [0.1, 0.15) is 6.26 Å². The smallest absolute Gasteiger partial charge is 0.475 e. The maximum Gasteiger partial charge on any atom is 0.490 e. The molecule has 0 radical (unpaired) electrons. The molecule has 0 unspecified atom stereocenters. The molecule has 0 saturated heterocycles. The molecule has 2 N–H and O–H groups in total. The lowest BCUT2D eigenvalue weighted by molar-refractivity contribution is -0.192. The van der Waals surface area contributed by atoms with Gasteiger partial charge in [0.25, 0.3) is 0 Å². The molecule has 2 aromatic rings. The van der Waals surface area contributed by atoms with E-state index in [1.165, 1.54) is 12.5 Å². The number of halogens is 3. The number of carboxylic acid groups (broad SMARTS) is 1. The number of alkyl halides is 3. The minimum atomic E-state index is -5.08. The molecule has 0 fully saturated rings. The van der Waals surface area contributed by atoms with E-state index in [0.29, 0.717) is 11.4 Å². The number of furan rings is 1. The Balaban J connectivity index is 0.000000203. The summed E-state index contributed by atoms with van der Waals surface area (Å²) in [7, 11) is 0. The Bertz CT molecular complexity index is 554. The van der Waals surface area contributed by atoms with Crippen molar-refractivity contribution in [2.45, 2.75) is 6.18 Å². The first-order chi connectivity index (χ1) is 8.30. The molecule has 0 bridgehead atoms. The molecular formula is C8H5F3N2O5. The molecule has 0 amide bonds. The van der Waals surface area contributed by atoms with Crippen LogP contribution in [0.25, 0.3) is 11.4 Å². The summed E-state index contributed by atoms with van der Waals surface area (Å²) >= 11 is 0. The predicted octanol–water partition coefficient (Wildman–Crippen LogP) is 1.26. The van der Waals surface area contributed by atoms with Crippen LogP contribution in [0.4, 0.5) is 13.2 Å². The van der Waals surface area contributed by atoms with Crippen molar-refractivity contribution in [2.24, 2.45) is 0 Å². The van der Waals surface area contributed by atoms with Gasteiger partial charge in [-0.05, 0) is 6.07 Å². The van der Waals surface area contributed by atoms with Crippen LogP contribution >= 0.6 is 0 Å². The number of nitrogens with zero attached hydrogens (tertiary/aromatic N) is 1. The minimum absolute atomic E-state index is 0.378. The van der Waals surface area contributed by atoms with E-state index in [2.05, 4.69) is 14.7 Å². The fourth-order valence-electron chi connectivity index (χ4n) is 0.754. The standard InChI is InChI=1S/C6H4N2O3.C2HF3O2/c9-6-7-5(8-11-6)4-1-2-10-3-4;3-2(4,5)1(6)7/h1-3H,(H,7,8,9);(H,6,7). The number of hydrogen-bond donors (Lipinski definition) is 2. The van der Waals surface area contributed by atoms with Crippen molar-refractivity contribution >= 4 is 5.97 Å². The molecule has 7 nitrogen and oxygen atoms in total. The molecule has 98 valence electrons. The van der Waals surface area contributed by atoms with Gasteiger partial charge in [-0.25, -0.2) is 9.59 Å². The van der Waals surface area contributed by atoms with Crippen LogP contribution in [0.15, 0.2) is 32.3 Å². The van der Waals surface area contributed by atoms with Gasteiger partial charge in [0.2, 0.25) is 0 Å². The quantitative estimate of drug-likeness (QED) is 0.803. The molecule has 0 atom stereocenters. The number of rotatable bonds is 1. The van der Waals surface area contributed by atoms with Crippen molar-refractivity contribution in [3.8, 4) is 11.4 Å². The Morgan fingerprint density at radius 3 is 2.39 bits per heavy atom. The van der Waals surface area contributed by atoms with Gasteiger partial charge in [-0.3, -0.25) is 9.51 Å². The zero-order chi connectivity index (χ0) is 13.8. The molecule has 0 aliphatic rings. The summed E-state index contributed by atoms with van der Waals surface area (Å²) in [5.41, 5.74) is 0.691. The van der Waals surface area contributed by atoms with Crippen molar-refractivity contribution in [1.29, 1.82) is 0 Å². The van der Waals surface area contributed by atoms with Crippen LogP contribution in [0.5, 0.6) is 0 Å². The summed E-state index contributed by atoms with van der Waals surface area (Å²) < 4.78 is 40.8. The number of carboxylic acids is 1. The zero-order valence-corrected chi connectivity index (χ0v) is 8.39. The Hall–Kier alpha value is -2.52. The maximum atomic E-state index is 10.6. The number of hydrogen-bond acceptors (Lipinski definition) is 5. The Morgan fingerprint density at radius 1 is 1.44 bits per heavy atom.